The minimum Gasteiger partial charge on any atom is -0.307 e. The predicted octanol–water partition coefficient (Wildman–Crippen LogP) is 3.88. The Hall–Kier alpha value is -0.540. The van der Waals surface area contributed by atoms with Crippen LogP contribution in [0.2, 0.25) is 0 Å². The van der Waals surface area contributed by atoms with E-state index in [1.165, 1.54) is 25.7 Å². The Morgan fingerprint density at radius 3 is 3.00 bits per heavy atom. The van der Waals surface area contributed by atoms with E-state index in [2.05, 4.69) is 41.2 Å². The molecule has 19 heavy (non-hydrogen) atoms. The second-order valence-electron chi connectivity index (χ2n) is 5.69. The number of aromatic nitrogens is 2. The summed E-state index contributed by atoms with van der Waals surface area (Å²) in [6.07, 6.45) is 9.42. The van der Waals surface area contributed by atoms with Crippen LogP contribution in [0.5, 0.6) is 0 Å². The number of halogens is 1. The molecule has 0 aliphatic heterocycles. The summed E-state index contributed by atoms with van der Waals surface area (Å²) in [6, 6.07) is 3.03. The lowest BCUT2D eigenvalue weighted by molar-refractivity contribution is 0.447. The summed E-state index contributed by atoms with van der Waals surface area (Å²) in [5, 5.41) is 8.49. The molecule has 3 atom stereocenters. The third kappa shape index (κ3) is 4.22. The monoisotopic (exact) mass is 283 g/mol. The average Bonchev–Trinajstić information content (AvgIpc) is 2.80. The molecule has 1 aromatic rings. The second kappa shape index (κ2) is 7.30. The van der Waals surface area contributed by atoms with Crippen molar-refractivity contribution in [1.29, 1.82) is 0 Å². The molecule has 4 heteroatoms. The average molecular weight is 284 g/mol. The summed E-state index contributed by atoms with van der Waals surface area (Å²) in [7, 11) is 0. The van der Waals surface area contributed by atoms with Crippen molar-refractivity contribution in [3.05, 3.63) is 18.0 Å². The molecule has 3 unspecified atom stereocenters. The van der Waals surface area contributed by atoms with E-state index in [0.717, 1.165) is 25.1 Å². The lowest BCUT2D eigenvalue weighted by atomic mass is 10.1. The van der Waals surface area contributed by atoms with Gasteiger partial charge in [0.1, 0.15) is 0 Å². The zero-order chi connectivity index (χ0) is 13.7. The van der Waals surface area contributed by atoms with E-state index < -0.39 is 0 Å². The van der Waals surface area contributed by atoms with Gasteiger partial charge in [-0.3, -0.25) is 4.68 Å². The van der Waals surface area contributed by atoms with Crippen molar-refractivity contribution in [1.82, 2.24) is 15.1 Å². The minimum atomic E-state index is 0.277. The van der Waals surface area contributed by atoms with E-state index in [1.807, 2.05) is 0 Å². The maximum Gasteiger partial charge on any atom is 0.0762 e. The molecule has 1 saturated carbocycles. The molecule has 0 saturated heterocycles. The van der Waals surface area contributed by atoms with E-state index in [4.69, 9.17) is 11.6 Å². The topological polar surface area (TPSA) is 29.9 Å². The summed E-state index contributed by atoms with van der Waals surface area (Å²) in [5.41, 5.74) is 1.12. The van der Waals surface area contributed by atoms with E-state index >= 15 is 0 Å². The van der Waals surface area contributed by atoms with Crippen LogP contribution < -0.4 is 5.32 Å². The first-order valence-electron chi connectivity index (χ1n) is 7.62. The fourth-order valence-electron chi connectivity index (χ4n) is 2.63. The first-order chi connectivity index (χ1) is 9.20. The van der Waals surface area contributed by atoms with Crippen LogP contribution in [0.1, 0.15) is 64.1 Å². The van der Waals surface area contributed by atoms with Crippen molar-refractivity contribution in [3.63, 3.8) is 0 Å². The molecule has 1 N–H and O–H groups in total. The number of alkyl halides is 1. The maximum absolute atomic E-state index is 6.44. The van der Waals surface area contributed by atoms with Crippen LogP contribution in [0.4, 0.5) is 0 Å². The fraction of sp³-hybridized carbons (Fsp3) is 0.800. The van der Waals surface area contributed by atoms with Crippen molar-refractivity contribution >= 4 is 11.6 Å². The van der Waals surface area contributed by atoms with Gasteiger partial charge in [0.2, 0.25) is 0 Å². The Bertz CT molecular complexity index is 377. The molecular weight excluding hydrogens is 258 g/mol. The van der Waals surface area contributed by atoms with Gasteiger partial charge in [-0.1, -0.05) is 26.2 Å². The van der Waals surface area contributed by atoms with Crippen LogP contribution in [-0.4, -0.2) is 21.2 Å². The standard InChI is InChI=1S/C15H26ClN3/c1-3-12(2)19-10-9-13(18-19)11-17-15-8-6-4-5-7-14(15)16/h9-10,12,14-15,17H,3-8,11H2,1-2H3. The van der Waals surface area contributed by atoms with Crippen molar-refractivity contribution in [2.45, 2.75) is 76.4 Å². The molecule has 0 spiro atoms. The van der Waals surface area contributed by atoms with Gasteiger partial charge >= 0.3 is 0 Å². The molecule has 1 aliphatic rings. The molecule has 1 aliphatic carbocycles. The van der Waals surface area contributed by atoms with E-state index in [9.17, 15) is 0 Å². The molecule has 1 heterocycles. The van der Waals surface area contributed by atoms with Gasteiger partial charge < -0.3 is 5.32 Å². The van der Waals surface area contributed by atoms with Gasteiger partial charge in [0.15, 0.2) is 0 Å². The Labute approximate surface area is 121 Å². The van der Waals surface area contributed by atoms with E-state index in [-0.39, 0.29) is 5.38 Å². The highest BCUT2D eigenvalue weighted by atomic mass is 35.5. The number of nitrogens with zero attached hydrogens (tertiary/aromatic N) is 2. The Kier molecular flexibility index (Phi) is 5.71. The number of hydrogen-bond donors (Lipinski definition) is 1. The van der Waals surface area contributed by atoms with Gasteiger partial charge in [-0.2, -0.15) is 5.10 Å². The molecule has 108 valence electrons. The van der Waals surface area contributed by atoms with Crippen LogP contribution >= 0.6 is 11.6 Å². The largest absolute Gasteiger partial charge is 0.307 e. The highest BCUT2D eigenvalue weighted by Gasteiger charge is 2.21. The summed E-state index contributed by atoms with van der Waals surface area (Å²) >= 11 is 6.44. The van der Waals surface area contributed by atoms with Crippen molar-refractivity contribution in [2.24, 2.45) is 0 Å². The normalized spacial score (nSPS) is 26.1. The van der Waals surface area contributed by atoms with Gasteiger partial charge in [0.25, 0.3) is 0 Å². The highest BCUT2D eigenvalue weighted by molar-refractivity contribution is 6.21. The summed E-state index contributed by atoms with van der Waals surface area (Å²) < 4.78 is 2.06. The molecule has 0 aromatic carbocycles. The van der Waals surface area contributed by atoms with Crippen molar-refractivity contribution < 1.29 is 0 Å². The highest BCUT2D eigenvalue weighted by Crippen LogP contribution is 2.22. The summed E-state index contributed by atoms with van der Waals surface area (Å²) in [6.45, 7) is 5.22. The third-order valence-electron chi connectivity index (χ3n) is 4.18. The Balaban J connectivity index is 1.85. The number of rotatable bonds is 5. The third-order valence-corrected chi connectivity index (χ3v) is 4.71. The fourth-order valence-corrected chi connectivity index (χ4v) is 3.00. The van der Waals surface area contributed by atoms with Crippen LogP contribution in [0.3, 0.4) is 0 Å². The van der Waals surface area contributed by atoms with Gasteiger partial charge in [0.05, 0.1) is 5.69 Å². The molecule has 1 aromatic heterocycles. The van der Waals surface area contributed by atoms with Gasteiger partial charge in [-0.15, -0.1) is 11.6 Å². The molecular formula is C15H26ClN3. The van der Waals surface area contributed by atoms with Crippen molar-refractivity contribution in [3.8, 4) is 0 Å². The van der Waals surface area contributed by atoms with Gasteiger partial charge in [-0.05, 0) is 32.3 Å². The zero-order valence-electron chi connectivity index (χ0n) is 12.1. The summed E-state index contributed by atoms with van der Waals surface area (Å²) in [5.74, 6) is 0. The summed E-state index contributed by atoms with van der Waals surface area (Å²) in [4.78, 5) is 0. The van der Waals surface area contributed by atoms with Crippen molar-refractivity contribution in [2.75, 3.05) is 0 Å². The maximum atomic E-state index is 6.44. The quantitative estimate of drug-likeness (QED) is 0.656. The minimum absolute atomic E-state index is 0.277. The first kappa shape index (κ1) is 14.9. The SMILES string of the molecule is CCC(C)n1ccc(CNC2CCCCCC2Cl)n1. The molecule has 2 rings (SSSR count). The van der Waals surface area contributed by atoms with E-state index in [1.54, 1.807) is 0 Å². The Morgan fingerprint density at radius 1 is 1.42 bits per heavy atom. The number of nitrogens with one attached hydrogen (secondary N) is 1. The molecule has 3 nitrogen and oxygen atoms in total. The molecule has 0 amide bonds. The molecule has 1 fully saturated rings. The Morgan fingerprint density at radius 2 is 2.21 bits per heavy atom. The molecule has 0 radical (unpaired) electrons. The smallest absolute Gasteiger partial charge is 0.0762 e. The molecule has 0 bridgehead atoms. The van der Waals surface area contributed by atoms with Crippen LogP contribution in [0.25, 0.3) is 0 Å². The zero-order valence-corrected chi connectivity index (χ0v) is 12.9. The van der Waals surface area contributed by atoms with Crippen LogP contribution in [0, 0.1) is 0 Å². The van der Waals surface area contributed by atoms with Crippen LogP contribution in [-0.2, 0) is 6.54 Å². The first-order valence-corrected chi connectivity index (χ1v) is 8.05. The lowest BCUT2D eigenvalue weighted by Gasteiger charge is -2.20. The van der Waals surface area contributed by atoms with Gasteiger partial charge in [0, 0.05) is 30.2 Å². The van der Waals surface area contributed by atoms with E-state index in [0.29, 0.717) is 12.1 Å². The lowest BCUT2D eigenvalue weighted by Crippen LogP contribution is -2.35. The predicted molar refractivity (Wildman–Crippen MR) is 80.6 cm³/mol. The second-order valence-corrected chi connectivity index (χ2v) is 6.25. The van der Waals surface area contributed by atoms with Gasteiger partial charge in [-0.25, -0.2) is 0 Å². The number of hydrogen-bond acceptors (Lipinski definition) is 2. The van der Waals surface area contributed by atoms with Crippen LogP contribution in [0.15, 0.2) is 12.3 Å².